The number of aliphatic carboxylic acids is 1. The largest absolute Gasteiger partial charge is 0.479 e. The minimum atomic E-state index is -1.16. The number of hydrogen-bond acceptors (Lipinski definition) is 2. The molecule has 0 bridgehead atoms. The van der Waals surface area contributed by atoms with E-state index in [0.29, 0.717) is 6.42 Å². The van der Waals surface area contributed by atoms with Gasteiger partial charge in [0.1, 0.15) is 0 Å². The molecule has 0 radical (unpaired) electrons. The summed E-state index contributed by atoms with van der Waals surface area (Å²) in [6.07, 6.45) is 2.05. The minimum Gasteiger partial charge on any atom is -0.479 e. The molecule has 3 nitrogen and oxygen atoms in total. The number of aliphatic hydroxyl groups is 1. The Morgan fingerprint density at radius 2 is 1.92 bits per heavy atom. The fourth-order valence-electron chi connectivity index (χ4n) is 0.711. The zero-order valence-electron chi connectivity index (χ0n) is 8.21. The first-order valence-corrected chi connectivity index (χ1v) is 4.59. The number of aliphatic hydroxyl groups excluding tert-OH is 1. The average molecular weight is 172 g/mol. The first-order valence-electron chi connectivity index (χ1n) is 4.59. The van der Waals surface area contributed by atoms with E-state index in [-0.39, 0.29) is 0 Å². The lowest BCUT2D eigenvalue weighted by Gasteiger charge is -2.02. The third kappa shape index (κ3) is 9.56. The van der Waals surface area contributed by atoms with Crippen LogP contribution in [-0.4, -0.2) is 37.8 Å². The number of carboxylic acid groups (broad SMARTS) is 1. The summed E-state index contributed by atoms with van der Waals surface area (Å²) in [5, 5.41) is 17.0. The van der Waals surface area contributed by atoms with Crippen LogP contribution in [0.3, 0.4) is 0 Å². The number of rotatable bonds is 5. The predicted octanol–water partition coefficient (Wildman–Crippen LogP) is -0.820. The van der Waals surface area contributed by atoms with E-state index < -0.39 is 12.1 Å². The summed E-state index contributed by atoms with van der Waals surface area (Å²) >= 11 is 0. The van der Waals surface area contributed by atoms with Crippen LogP contribution in [0.25, 0.3) is 0 Å². The van der Waals surface area contributed by atoms with Gasteiger partial charge in [0.25, 0.3) is 0 Å². The van der Waals surface area contributed by atoms with Gasteiger partial charge in [0.2, 0.25) is 0 Å². The second kappa shape index (κ2) is 10.6. The van der Waals surface area contributed by atoms with E-state index in [0.717, 1.165) is 19.3 Å². The second-order valence-electron chi connectivity index (χ2n) is 2.35. The molecule has 0 aromatic heterocycles. The molecule has 0 aliphatic carbocycles. The van der Waals surface area contributed by atoms with Gasteiger partial charge in [0, 0.05) is 0 Å². The van der Waals surface area contributed by atoms with Crippen molar-refractivity contribution in [2.45, 2.75) is 38.7 Å². The van der Waals surface area contributed by atoms with E-state index in [1.807, 2.05) is 22.4 Å². The second-order valence-corrected chi connectivity index (χ2v) is 2.35. The van der Waals surface area contributed by atoms with Crippen molar-refractivity contribution in [3.8, 4) is 0 Å². The van der Waals surface area contributed by atoms with E-state index in [4.69, 9.17) is 10.2 Å². The highest BCUT2D eigenvalue weighted by Gasteiger charge is 2.10. The van der Waals surface area contributed by atoms with Crippen molar-refractivity contribution in [1.29, 1.82) is 0 Å². The first-order chi connectivity index (χ1) is 5.68. The van der Waals surface area contributed by atoms with Gasteiger partial charge in [-0.3, -0.25) is 0 Å². The smallest absolute Gasteiger partial charge is 0.332 e. The highest BCUT2D eigenvalue weighted by Crippen LogP contribution is 2.02. The van der Waals surface area contributed by atoms with Gasteiger partial charge in [0.15, 0.2) is 6.10 Å². The van der Waals surface area contributed by atoms with Crippen LogP contribution in [-0.2, 0) is 4.79 Å². The third-order valence-corrected chi connectivity index (χ3v) is 1.37. The lowest BCUT2D eigenvalue weighted by atomic mass is 9.81. The Bertz CT molecular complexity index is 109. The maximum atomic E-state index is 10.0. The minimum absolute atomic E-state index is 0.378. The molecule has 0 aromatic rings. The summed E-state index contributed by atoms with van der Waals surface area (Å²) in [7, 11) is 4.00. The Labute approximate surface area is 76.0 Å². The monoisotopic (exact) mass is 172 g/mol. The summed E-state index contributed by atoms with van der Waals surface area (Å²) in [6, 6.07) is 0. The van der Waals surface area contributed by atoms with Gasteiger partial charge in [-0.25, -0.2) is 4.79 Å². The van der Waals surface area contributed by atoms with Crippen molar-refractivity contribution in [1.82, 2.24) is 0 Å². The molecule has 5 heteroatoms. The molecule has 12 heavy (non-hydrogen) atoms. The zero-order valence-corrected chi connectivity index (χ0v) is 8.21. The standard InChI is InChI=1S/C7H14O3.B2H4/c1-2-3-4-5-6(8)7(9)10;1-2/h6,8H,2-5H2,1H3,(H,9,10);1-2H2. The summed E-state index contributed by atoms with van der Waals surface area (Å²) in [6.45, 7) is 2.03. The van der Waals surface area contributed by atoms with Crippen molar-refractivity contribution in [3.05, 3.63) is 0 Å². The van der Waals surface area contributed by atoms with Gasteiger partial charge in [-0.2, -0.15) is 0 Å². The Kier molecular flexibility index (Phi) is 12.4. The van der Waals surface area contributed by atoms with Crippen molar-refractivity contribution in [3.63, 3.8) is 0 Å². The highest BCUT2D eigenvalue weighted by atomic mass is 16.4. The van der Waals surface area contributed by atoms with E-state index in [1.54, 1.807) is 0 Å². The topological polar surface area (TPSA) is 57.5 Å². The predicted molar refractivity (Wildman–Crippen MR) is 54.9 cm³/mol. The van der Waals surface area contributed by atoms with Crippen LogP contribution in [0.15, 0.2) is 0 Å². The van der Waals surface area contributed by atoms with Crippen molar-refractivity contribution < 1.29 is 15.0 Å². The Hall–Kier alpha value is -0.440. The molecule has 70 valence electrons. The molecule has 0 aliphatic rings. The van der Waals surface area contributed by atoms with E-state index >= 15 is 0 Å². The van der Waals surface area contributed by atoms with Crippen LogP contribution in [0.5, 0.6) is 0 Å². The van der Waals surface area contributed by atoms with Gasteiger partial charge < -0.3 is 10.2 Å². The van der Waals surface area contributed by atoms with Gasteiger partial charge >= 0.3 is 5.97 Å². The SMILES string of the molecule is BB.CCCCCC(O)C(=O)O. The Balaban J connectivity index is 0. The first kappa shape index (κ1) is 14.1. The molecule has 2 N–H and O–H groups in total. The quantitative estimate of drug-likeness (QED) is 0.420. The van der Waals surface area contributed by atoms with Crippen LogP contribution in [0.4, 0.5) is 0 Å². The highest BCUT2D eigenvalue weighted by molar-refractivity contribution is 6.75. The van der Waals surface area contributed by atoms with Crippen molar-refractivity contribution in [2.24, 2.45) is 0 Å². The van der Waals surface area contributed by atoms with Crippen molar-refractivity contribution in [2.75, 3.05) is 0 Å². The molecule has 0 heterocycles. The zero-order chi connectivity index (χ0) is 9.98. The molecule has 0 aliphatic heterocycles. The molecule has 0 amide bonds. The van der Waals surface area contributed by atoms with Crippen LogP contribution >= 0.6 is 0 Å². The van der Waals surface area contributed by atoms with Crippen LogP contribution < -0.4 is 0 Å². The molecule has 0 saturated carbocycles. The fourth-order valence-corrected chi connectivity index (χ4v) is 0.711. The maximum absolute atomic E-state index is 10.0. The molecular formula is C7H18B2O3. The number of carboxylic acids is 1. The Morgan fingerprint density at radius 1 is 1.42 bits per heavy atom. The summed E-state index contributed by atoms with van der Waals surface area (Å²) in [5.41, 5.74) is 0. The molecule has 0 saturated heterocycles. The van der Waals surface area contributed by atoms with Crippen LogP contribution in [0.1, 0.15) is 32.6 Å². The number of unbranched alkanes of at least 4 members (excludes halogenated alkanes) is 2. The summed E-state index contributed by atoms with van der Waals surface area (Å²) in [5.74, 6) is -1.11. The maximum Gasteiger partial charge on any atom is 0.332 e. The van der Waals surface area contributed by atoms with E-state index in [1.165, 1.54) is 0 Å². The van der Waals surface area contributed by atoms with Crippen LogP contribution in [0, 0.1) is 0 Å². The lowest BCUT2D eigenvalue weighted by Crippen LogP contribution is -2.18. The van der Waals surface area contributed by atoms with Gasteiger partial charge in [0.05, 0.1) is 15.5 Å². The van der Waals surface area contributed by atoms with Crippen molar-refractivity contribution >= 4 is 21.4 Å². The van der Waals surface area contributed by atoms with Crippen LogP contribution in [0.2, 0.25) is 0 Å². The summed E-state index contributed by atoms with van der Waals surface area (Å²) in [4.78, 5) is 10.0. The van der Waals surface area contributed by atoms with Gasteiger partial charge in [-0.1, -0.05) is 26.2 Å². The molecule has 0 fully saturated rings. The molecule has 1 atom stereocenters. The normalized spacial score (nSPS) is 11.2. The molecular weight excluding hydrogens is 154 g/mol. The lowest BCUT2D eigenvalue weighted by molar-refractivity contribution is -0.146. The average Bonchev–Trinajstić information content (AvgIpc) is 2.08. The molecule has 0 aromatic carbocycles. The summed E-state index contributed by atoms with van der Waals surface area (Å²) < 4.78 is 0. The number of hydrogen-bond donors (Lipinski definition) is 2. The van der Waals surface area contributed by atoms with E-state index in [9.17, 15) is 4.79 Å². The third-order valence-electron chi connectivity index (χ3n) is 1.37. The molecule has 0 rings (SSSR count). The van der Waals surface area contributed by atoms with E-state index in [2.05, 4.69) is 0 Å². The number of carbonyl (C=O) groups is 1. The fraction of sp³-hybridized carbons (Fsp3) is 0.857. The Morgan fingerprint density at radius 3 is 2.25 bits per heavy atom. The molecule has 0 spiro atoms. The molecule has 1 unspecified atom stereocenters. The van der Waals surface area contributed by atoms with Gasteiger partial charge in [-0.05, 0) is 6.42 Å². The van der Waals surface area contributed by atoms with Gasteiger partial charge in [-0.15, -0.1) is 0 Å².